The molecule has 0 aliphatic carbocycles. The summed E-state index contributed by atoms with van der Waals surface area (Å²) in [5.41, 5.74) is 2.04. The van der Waals surface area contributed by atoms with E-state index in [4.69, 9.17) is 23.2 Å². The largest absolute Gasteiger partial charge is 0.350 e. The standard InChI is InChI=1S/C35H37Cl2N3O4S/c1-25-12-11-15-28(20-25)40(45(43,44)29-16-9-6-10-17-29)24-33(41)39(23-27-18-19-30(36)31(37)21-27)32(34(42)38-35(2,3)4)22-26-13-7-5-8-14-26/h5-21,32H,22-24H2,1-4H3,(H,38,42). The van der Waals surface area contributed by atoms with Gasteiger partial charge in [-0.1, -0.05) is 89.9 Å². The van der Waals surface area contributed by atoms with Crippen molar-refractivity contribution < 1.29 is 18.0 Å². The molecule has 4 aromatic carbocycles. The first-order chi connectivity index (χ1) is 21.2. The van der Waals surface area contributed by atoms with Crippen LogP contribution < -0.4 is 9.62 Å². The fraction of sp³-hybridized carbons (Fsp3) is 0.257. The average molecular weight is 667 g/mol. The number of aryl methyl sites for hydroxylation is 1. The lowest BCUT2D eigenvalue weighted by Crippen LogP contribution is -2.56. The Kier molecular flexibility index (Phi) is 11.0. The molecule has 45 heavy (non-hydrogen) atoms. The highest BCUT2D eigenvalue weighted by atomic mass is 35.5. The van der Waals surface area contributed by atoms with Crippen LogP contribution in [0.25, 0.3) is 0 Å². The third-order valence-corrected chi connectivity index (χ3v) is 9.53. The molecule has 236 valence electrons. The topological polar surface area (TPSA) is 86.8 Å². The van der Waals surface area contributed by atoms with Crippen molar-refractivity contribution >= 4 is 50.7 Å². The number of carbonyl (C=O) groups excluding carboxylic acids is 2. The van der Waals surface area contributed by atoms with Crippen LogP contribution in [-0.4, -0.2) is 43.3 Å². The first kappa shape index (κ1) is 34.0. The molecule has 1 unspecified atom stereocenters. The van der Waals surface area contributed by atoms with Gasteiger partial charge in [0, 0.05) is 18.5 Å². The smallest absolute Gasteiger partial charge is 0.264 e. The summed E-state index contributed by atoms with van der Waals surface area (Å²) < 4.78 is 29.2. The Morgan fingerprint density at radius 3 is 2.04 bits per heavy atom. The number of sulfonamides is 1. The van der Waals surface area contributed by atoms with Gasteiger partial charge in [-0.15, -0.1) is 0 Å². The van der Waals surface area contributed by atoms with Crippen molar-refractivity contribution in [1.82, 2.24) is 10.2 Å². The molecule has 0 aromatic heterocycles. The van der Waals surface area contributed by atoms with Crippen molar-refractivity contribution in [3.05, 3.63) is 130 Å². The molecule has 0 bridgehead atoms. The number of halogens is 2. The highest BCUT2D eigenvalue weighted by Gasteiger charge is 2.35. The van der Waals surface area contributed by atoms with E-state index < -0.39 is 34.1 Å². The molecule has 0 fully saturated rings. The minimum absolute atomic E-state index is 0.0160. The number of nitrogens with zero attached hydrogens (tertiary/aromatic N) is 2. The normalized spacial score (nSPS) is 12.3. The van der Waals surface area contributed by atoms with Gasteiger partial charge in [-0.05, 0) is 80.8 Å². The molecule has 2 amide bonds. The molecule has 4 aromatic rings. The fourth-order valence-corrected chi connectivity index (χ4v) is 6.62. The van der Waals surface area contributed by atoms with Crippen LogP contribution in [0.2, 0.25) is 10.0 Å². The number of rotatable bonds is 11. The van der Waals surface area contributed by atoms with Crippen molar-refractivity contribution in [1.29, 1.82) is 0 Å². The van der Waals surface area contributed by atoms with E-state index in [1.807, 2.05) is 64.1 Å². The van der Waals surface area contributed by atoms with Crippen molar-refractivity contribution in [3.63, 3.8) is 0 Å². The highest BCUT2D eigenvalue weighted by molar-refractivity contribution is 7.92. The monoisotopic (exact) mass is 665 g/mol. The lowest BCUT2D eigenvalue weighted by Gasteiger charge is -2.35. The lowest BCUT2D eigenvalue weighted by atomic mass is 10.0. The second-order valence-corrected chi connectivity index (χ2v) is 14.6. The molecule has 0 aliphatic heterocycles. The van der Waals surface area contributed by atoms with Gasteiger partial charge in [-0.25, -0.2) is 8.42 Å². The van der Waals surface area contributed by atoms with Gasteiger partial charge >= 0.3 is 0 Å². The third kappa shape index (κ3) is 9.10. The van der Waals surface area contributed by atoms with Crippen LogP contribution >= 0.6 is 23.2 Å². The summed E-state index contributed by atoms with van der Waals surface area (Å²) in [4.78, 5) is 30.0. The van der Waals surface area contributed by atoms with Crippen molar-refractivity contribution in [2.24, 2.45) is 0 Å². The summed E-state index contributed by atoms with van der Waals surface area (Å²) in [6.07, 6.45) is 0.200. The first-order valence-electron chi connectivity index (χ1n) is 14.5. The van der Waals surface area contributed by atoms with Gasteiger partial charge in [-0.3, -0.25) is 13.9 Å². The van der Waals surface area contributed by atoms with Crippen LogP contribution in [0.5, 0.6) is 0 Å². The Bertz CT molecular complexity index is 1740. The van der Waals surface area contributed by atoms with E-state index in [1.54, 1.807) is 54.6 Å². The van der Waals surface area contributed by atoms with Crippen molar-refractivity contribution in [2.45, 2.75) is 57.1 Å². The molecule has 1 N–H and O–H groups in total. The van der Waals surface area contributed by atoms with Gasteiger partial charge in [0.25, 0.3) is 10.0 Å². The van der Waals surface area contributed by atoms with Crippen LogP contribution in [0.4, 0.5) is 5.69 Å². The van der Waals surface area contributed by atoms with Crippen LogP contribution in [-0.2, 0) is 32.6 Å². The van der Waals surface area contributed by atoms with E-state index in [0.717, 1.165) is 15.4 Å². The Hall–Kier alpha value is -3.85. The number of hydrogen-bond acceptors (Lipinski definition) is 4. The summed E-state index contributed by atoms with van der Waals surface area (Å²) >= 11 is 12.5. The van der Waals surface area contributed by atoms with Crippen molar-refractivity contribution in [3.8, 4) is 0 Å². The maximum Gasteiger partial charge on any atom is 0.264 e. The molecular formula is C35H37Cl2N3O4S. The van der Waals surface area contributed by atoms with E-state index >= 15 is 0 Å². The number of amides is 2. The van der Waals surface area contributed by atoms with Gasteiger partial charge in [0.1, 0.15) is 12.6 Å². The predicted octanol–water partition coefficient (Wildman–Crippen LogP) is 7.05. The van der Waals surface area contributed by atoms with Gasteiger partial charge in [0.2, 0.25) is 11.8 Å². The molecule has 1 atom stereocenters. The third-order valence-electron chi connectivity index (χ3n) is 7.01. The number of hydrogen-bond donors (Lipinski definition) is 1. The van der Waals surface area contributed by atoms with Gasteiger partial charge in [0.05, 0.1) is 20.6 Å². The van der Waals surface area contributed by atoms with E-state index in [2.05, 4.69) is 5.32 Å². The molecule has 4 rings (SSSR count). The summed E-state index contributed by atoms with van der Waals surface area (Å²) in [6.45, 7) is 6.88. The molecule has 0 saturated carbocycles. The SMILES string of the molecule is Cc1cccc(N(CC(=O)N(Cc2ccc(Cl)c(Cl)c2)C(Cc2ccccc2)C(=O)NC(C)(C)C)S(=O)(=O)c2ccccc2)c1. The van der Waals surface area contributed by atoms with Crippen molar-refractivity contribution in [2.75, 3.05) is 10.8 Å². The zero-order chi connectivity index (χ0) is 32.8. The maximum atomic E-state index is 14.5. The van der Waals surface area contributed by atoms with Gasteiger partial charge in [-0.2, -0.15) is 0 Å². The zero-order valence-corrected chi connectivity index (χ0v) is 28.0. The fourth-order valence-electron chi connectivity index (χ4n) is 4.87. The molecule has 0 radical (unpaired) electrons. The quantitative estimate of drug-likeness (QED) is 0.186. The number of benzene rings is 4. The minimum Gasteiger partial charge on any atom is -0.350 e. The number of nitrogens with one attached hydrogen (secondary N) is 1. The molecule has 0 aliphatic rings. The summed E-state index contributed by atoms with van der Waals surface area (Å²) in [6, 6.07) is 28.3. The lowest BCUT2D eigenvalue weighted by molar-refractivity contribution is -0.140. The summed E-state index contributed by atoms with van der Waals surface area (Å²) in [5.74, 6) is -0.931. The Labute approximate surface area is 275 Å². The molecule has 7 nitrogen and oxygen atoms in total. The molecule has 0 saturated heterocycles. The predicted molar refractivity (Wildman–Crippen MR) is 181 cm³/mol. The Morgan fingerprint density at radius 1 is 0.800 bits per heavy atom. The van der Waals surface area contributed by atoms with Crippen LogP contribution in [0.3, 0.4) is 0 Å². The van der Waals surface area contributed by atoms with Crippen LogP contribution in [0.1, 0.15) is 37.5 Å². The van der Waals surface area contributed by atoms with Gasteiger partial charge < -0.3 is 10.2 Å². The van der Waals surface area contributed by atoms with E-state index in [1.165, 1.54) is 17.0 Å². The second kappa shape index (κ2) is 14.5. The molecule has 0 spiro atoms. The Morgan fingerprint density at radius 2 is 1.44 bits per heavy atom. The maximum absolute atomic E-state index is 14.5. The Balaban J connectivity index is 1.83. The average Bonchev–Trinajstić information content (AvgIpc) is 2.99. The highest BCUT2D eigenvalue weighted by Crippen LogP contribution is 2.27. The number of carbonyl (C=O) groups is 2. The molecule has 0 heterocycles. The number of anilines is 1. The van der Waals surface area contributed by atoms with Gasteiger partial charge in [0.15, 0.2) is 0 Å². The van der Waals surface area contributed by atoms with E-state index in [9.17, 15) is 18.0 Å². The summed E-state index contributed by atoms with van der Waals surface area (Å²) in [5, 5.41) is 3.67. The minimum atomic E-state index is -4.17. The second-order valence-electron chi connectivity index (χ2n) is 11.9. The zero-order valence-electron chi connectivity index (χ0n) is 25.7. The molecular weight excluding hydrogens is 629 g/mol. The first-order valence-corrected chi connectivity index (χ1v) is 16.7. The van der Waals surface area contributed by atoms with E-state index in [0.29, 0.717) is 21.3 Å². The van der Waals surface area contributed by atoms with Crippen LogP contribution in [0, 0.1) is 6.92 Å². The van der Waals surface area contributed by atoms with Crippen LogP contribution in [0.15, 0.2) is 108 Å². The summed E-state index contributed by atoms with van der Waals surface area (Å²) in [7, 11) is -4.17. The molecule has 10 heteroatoms. The van der Waals surface area contributed by atoms with E-state index in [-0.39, 0.29) is 23.8 Å².